The number of hydrogen-bond acceptors (Lipinski definition) is 6. The lowest BCUT2D eigenvalue weighted by Crippen LogP contribution is -2.44. The van der Waals surface area contributed by atoms with Crippen molar-refractivity contribution in [3.8, 4) is 11.5 Å². The molecule has 34 heavy (non-hydrogen) atoms. The smallest absolute Gasteiger partial charge is 0.252 e. The third-order valence-corrected chi connectivity index (χ3v) is 7.12. The van der Waals surface area contributed by atoms with Gasteiger partial charge in [-0.25, -0.2) is 4.39 Å². The van der Waals surface area contributed by atoms with Gasteiger partial charge in [-0.1, -0.05) is 0 Å². The third-order valence-electron chi connectivity index (χ3n) is 7.12. The molecular formula is C25H27FN4O4. The maximum absolute atomic E-state index is 14.3. The summed E-state index contributed by atoms with van der Waals surface area (Å²) in [5.74, 6) is 0.292. The zero-order chi connectivity index (χ0) is 23.2. The Morgan fingerprint density at radius 1 is 1.00 bits per heavy atom. The van der Waals surface area contributed by atoms with Crippen molar-refractivity contribution in [1.29, 1.82) is 0 Å². The molecule has 1 atom stereocenters. The molecule has 9 heteroatoms. The van der Waals surface area contributed by atoms with Crippen LogP contribution in [0, 0.1) is 5.82 Å². The van der Waals surface area contributed by atoms with Gasteiger partial charge in [-0.15, -0.1) is 0 Å². The van der Waals surface area contributed by atoms with Gasteiger partial charge in [-0.2, -0.15) is 0 Å². The molecule has 2 aromatic heterocycles. The minimum absolute atomic E-state index is 0.0449. The molecule has 3 aliphatic rings. The third kappa shape index (κ3) is 3.78. The van der Waals surface area contributed by atoms with Crippen LogP contribution in [0.5, 0.6) is 11.5 Å². The minimum Gasteiger partial charge on any atom is -0.486 e. The number of nitrogens with zero attached hydrogens (tertiary/aromatic N) is 3. The van der Waals surface area contributed by atoms with E-state index in [-0.39, 0.29) is 28.7 Å². The van der Waals surface area contributed by atoms with Gasteiger partial charge in [0.05, 0.1) is 6.04 Å². The normalized spacial score (nSPS) is 20.2. The van der Waals surface area contributed by atoms with Crippen molar-refractivity contribution in [3.05, 3.63) is 68.5 Å². The average Bonchev–Trinajstić information content (AvgIpc) is 3.24. The molecule has 0 radical (unpaired) electrons. The minimum atomic E-state index is -0.384. The number of piperidine rings is 1. The summed E-state index contributed by atoms with van der Waals surface area (Å²) >= 11 is 0. The predicted molar refractivity (Wildman–Crippen MR) is 125 cm³/mol. The maximum atomic E-state index is 14.3. The second kappa shape index (κ2) is 8.56. The molecule has 0 spiro atoms. The SMILES string of the molecule is O=c1ccc2ccc(=O)n3c2n1CC3CN1CCC(NCc2cc(F)c3c(c2)OCCO3)CC1. The summed E-state index contributed by atoms with van der Waals surface area (Å²) < 4.78 is 28.7. The van der Waals surface area contributed by atoms with Crippen molar-refractivity contribution in [1.82, 2.24) is 19.4 Å². The Balaban J connectivity index is 1.07. The van der Waals surface area contributed by atoms with Gasteiger partial charge >= 0.3 is 0 Å². The summed E-state index contributed by atoms with van der Waals surface area (Å²) in [4.78, 5) is 27.4. The van der Waals surface area contributed by atoms with Crippen LogP contribution < -0.4 is 25.9 Å². The Morgan fingerprint density at radius 3 is 2.59 bits per heavy atom. The molecule has 0 amide bonds. The first-order chi connectivity index (χ1) is 16.6. The van der Waals surface area contributed by atoms with Crippen LogP contribution >= 0.6 is 0 Å². The van der Waals surface area contributed by atoms with Gasteiger partial charge in [-0.3, -0.25) is 18.7 Å². The Bertz CT molecular complexity index is 1350. The number of benzene rings is 1. The highest BCUT2D eigenvalue weighted by molar-refractivity contribution is 5.76. The first-order valence-electron chi connectivity index (χ1n) is 11.9. The lowest BCUT2D eigenvalue weighted by Gasteiger charge is -2.34. The Kier molecular flexibility index (Phi) is 5.38. The fourth-order valence-corrected chi connectivity index (χ4v) is 5.44. The number of fused-ring (bicyclic) bond motifs is 1. The monoisotopic (exact) mass is 466 g/mol. The summed E-state index contributed by atoms with van der Waals surface area (Å²) in [6, 6.07) is 10.4. The molecule has 1 N–H and O–H groups in total. The van der Waals surface area contributed by atoms with E-state index in [2.05, 4.69) is 10.2 Å². The van der Waals surface area contributed by atoms with E-state index in [9.17, 15) is 14.0 Å². The highest BCUT2D eigenvalue weighted by atomic mass is 19.1. The van der Waals surface area contributed by atoms with Crippen molar-refractivity contribution in [2.75, 3.05) is 32.8 Å². The second-order valence-corrected chi connectivity index (χ2v) is 9.31. The number of halogens is 1. The summed E-state index contributed by atoms with van der Waals surface area (Å²) in [5.41, 5.74) is 1.45. The van der Waals surface area contributed by atoms with Crippen LogP contribution in [-0.4, -0.2) is 52.9 Å². The van der Waals surface area contributed by atoms with Crippen LogP contribution in [0.2, 0.25) is 0 Å². The van der Waals surface area contributed by atoms with Crippen molar-refractivity contribution in [3.63, 3.8) is 0 Å². The van der Waals surface area contributed by atoms with Gasteiger partial charge in [0.1, 0.15) is 18.9 Å². The highest BCUT2D eigenvalue weighted by Crippen LogP contribution is 2.34. The van der Waals surface area contributed by atoms with Crippen molar-refractivity contribution < 1.29 is 13.9 Å². The first-order valence-corrected chi connectivity index (χ1v) is 11.9. The van der Waals surface area contributed by atoms with E-state index < -0.39 is 0 Å². The quantitative estimate of drug-likeness (QED) is 0.619. The zero-order valence-electron chi connectivity index (χ0n) is 18.8. The molecule has 0 saturated carbocycles. The standard InChI is InChI=1S/C25H27FN4O4/c26-20-11-16(12-21-24(20)34-10-9-33-21)13-27-18-5-7-28(8-6-18)14-19-15-29-22(31)3-1-17-2-4-23(32)30(19)25(17)29/h1-4,11-12,18-19,27H,5-10,13-15H2. The molecule has 0 bridgehead atoms. The molecule has 1 unspecified atom stereocenters. The maximum Gasteiger partial charge on any atom is 0.252 e. The van der Waals surface area contributed by atoms with Crippen LogP contribution in [0.1, 0.15) is 24.4 Å². The van der Waals surface area contributed by atoms with E-state index in [4.69, 9.17) is 9.47 Å². The molecular weight excluding hydrogens is 439 g/mol. The van der Waals surface area contributed by atoms with Crippen LogP contribution in [-0.2, 0) is 13.1 Å². The van der Waals surface area contributed by atoms with E-state index in [1.807, 2.05) is 6.07 Å². The van der Waals surface area contributed by atoms with Gasteiger partial charge in [-0.05, 0) is 55.8 Å². The van der Waals surface area contributed by atoms with Crippen molar-refractivity contribution in [2.24, 2.45) is 0 Å². The molecule has 8 nitrogen and oxygen atoms in total. The average molecular weight is 467 g/mol. The lowest BCUT2D eigenvalue weighted by molar-refractivity contribution is 0.163. The topological polar surface area (TPSA) is 77.7 Å². The number of likely N-dealkylation sites (tertiary alicyclic amines) is 1. The Morgan fingerprint density at radius 2 is 1.76 bits per heavy atom. The highest BCUT2D eigenvalue weighted by Gasteiger charge is 2.29. The van der Waals surface area contributed by atoms with Crippen molar-refractivity contribution in [2.45, 2.75) is 38.0 Å². The van der Waals surface area contributed by atoms with Gasteiger partial charge in [0, 0.05) is 43.2 Å². The van der Waals surface area contributed by atoms with E-state index in [1.165, 1.54) is 6.07 Å². The van der Waals surface area contributed by atoms with E-state index >= 15 is 0 Å². The molecule has 5 heterocycles. The van der Waals surface area contributed by atoms with Gasteiger partial charge < -0.3 is 19.7 Å². The predicted octanol–water partition coefficient (Wildman–Crippen LogP) is 1.88. The van der Waals surface area contributed by atoms with Crippen molar-refractivity contribution >= 4 is 11.0 Å². The summed E-state index contributed by atoms with van der Waals surface area (Å²) in [7, 11) is 0. The first kappa shape index (κ1) is 21.4. The molecule has 3 aliphatic heterocycles. The summed E-state index contributed by atoms with van der Waals surface area (Å²) in [5, 5.41) is 4.46. The molecule has 1 fully saturated rings. The molecule has 1 saturated heterocycles. The van der Waals surface area contributed by atoms with Crippen LogP contribution in [0.15, 0.2) is 46.0 Å². The van der Waals surface area contributed by atoms with E-state index in [0.717, 1.165) is 49.1 Å². The van der Waals surface area contributed by atoms with Crippen LogP contribution in [0.25, 0.3) is 11.0 Å². The van der Waals surface area contributed by atoms with Crippen LogP contribution in [0.4, 0.5) is 4.39 Å². The van der Waals surface area contributed by atoms with Gasteiger partial charge in [0.25, 0.3) is 11.1 Å². The number of hydrogen-bond donors (Lipinski definition) is 1. The summed E-state index contributed by atoms with van der Waals surface area (Å²) in [6.45, 7) is 4.44. The fourth-order valence-electron chi connectivity index (χ4n) is 5.44. The van der Waals surface area contributed by atoms with E-state index in [0.29, 0.717) is 38.1 Å². The largest absolute Gasteiger partial charge is 0.486 e. The van der Waals surface area contributed by atoms with Gasteiger partial charge in [0.15, 0.2) is 17.3 Å². The molecule has 0 aliphatic carbocycles. The number of pyridine rings is 2. The molecule has 6 rings (SSSR count). The number of nitrogens with one attached hydrogen (secondary N) is 1. The lowest BCUT2D eigenvalue weighted by atomic mass is 10.0. The Hall–Kier alpha value is -3.17. The van der Waals surface area contributed by atoms with E-state index in [1.54, 1.807) is 33.4 Å². The number of aromatic nitrogens is 2. The molecule has 3 aromatic rings. The fraction of sp³-hybridized carbons (Fsp3) is 0.440. The molecule has 178 valence electrons. The summed E-state index contributed by atoms with van der Waals surface area (Å²) in [6.07, 6.45) is 1.93. The molecule has 1 aromatic carbocycles. The second-order valence-electron chi connectivity index (χ2n) is 9.31. The number of rotatable bonds is 5. The van der Waals surface area contributed by atoms with Crippen LogP contribution in [0.3, 0.4) is 0 Å². The van der Waals surface area contributed by atoms with Gasteiger partial charge in [0.2, 0.25) is 0 Å². The zero-order valence-corrected chi connectivity index (χ0v) is 18.8. The Labute approximate surface area is 195 Å². The number of ether oxygens (including phenoxy) is 2.